The Bertz CT molecular complexity index is 2050. The molecule has 3 heterocycles. The molecule has 6 aromatic rings. The van der Waals surface area contributed by atoms with E-state index >= 15 is 0 Å². The van der Waals surface area contributed by atoms with Crippen LogP contribution in [-0.4, -0.2) is 28.0 Å². The molecule has 0 amide bonds. The van der Waals surface area contributed by atoms with Gasteiger partial charge in [-0.3, -0.25) is 0 Å². The van der Waals surface area contributed by atoms with Crippen LogP contribution in [0, 0.1) is 38.8 Å². The summed E-state index contributed by atoms with van der Waals surface area (Å²) in [6.07, 6.45) is 6.54. The van der Waals surface area contributed by atoms with Gasteiger partial charge in [-0.1, -0.05) is 80.2 Å². The fraction of sp³-hybridized carbons (Fsp3) is 0.286. The zero-order valence-corrected chi connectivity index (χ0v) is 30.6. The van der Waals surface area contributed by atoms with Gasteiger partial charge in [0.2, 0.25) is 0 Å². The second-order valence-electron chi connectivity index (χ2n) is 12.9. The summed E-state index contributed by atoms with van der Waals surface area (Å²) in [6.45, 7) is 12.1. The SMILES string of the molecule is CCCC(CCC)[C@H]1CN(c2c(C)cc(C)cc2C)C(c2[c-]c(Oc3[c-]c4c(cc3)c3ccccc3n4-c3ccccn3)ccc2)=N1.[Pt+2]. The van der Waals surface area contributed by atoms with E-state index in [1.165, 1.54) is 48.1 Å². The molecule has 5 nitrogen and oxygen atoms in total. The molecule has 0 spiro atoms. The van der Waals surface area contributed by atoms with E-state index in [-0.39, 0.29) is 27.1 Å². The topological polar surface area (TPSA) is 42.6 Å². The zero-order valence-electron chi connectivity index (χ0n) is 28.4. The number of nitrogens with zero attached hydrogens (tertiary/aromatic N) is 4. The summed E-state index contributed by atoms with van der Waals surface area (Å²) in [6, 6.07) is 36.6. The first-order valence-electron chi connectivity index (χ1n) is 17.0. The number of fused-ring (bicyclic) bond motifs is 3. The van der Waals surface area contributed by atoms with E-state index in [0.717, 1.165) is 45.6 Å². The van der Waals surface area contributed by atoms with E-state index in [1.54, 1.807) is 0 Å². The third kappa shape index (κ3) is 6.45. The molecular weight excluding hydrogens is 772 g/mol. The molecule has 0 bridgehead atoms. The molecule has 246 valence electrons. The molecule has 4 aromatic carbocycles. The van der Waals surface area contributed by atoms with Crippen LogP contribution in [0.2, 0.25) is 0 Å². The van der Waals surface area contributed by atoms with Crippen molar-refractivity contribution in [3.05, 3.63) is 126 Å². The van der Waals surface area contributed by atoms with Crippen LogP contribution in [0.5, 0.6) is 11.5 Å². The van der Waals surface area contributed by atoms with E-state index in [2.05, 4.69) is 110 Å². The van der Waals surface area contributed by atoms with Crippen molar-refractivity contribution < 1.29 is 25.8 Å². The molecule has 1 aliphatic heterocycles. The largest absolute Gasteiger partial charge is 2.00 e. The first-order chi connectivity index (χ1) is 22.9. The Kier molecular flexibility index (Phi) is 10.2. The standard InChI is InChI=1S/C42H42N4O.Pt/c1-6-13-31(14-7-2)37-27-45(41-29(4)23-28(3)24-30(41)5)42(44-37)32-15-12-16-33(25-32)47-34-20-21-36-35-17-8-9-18-38(35)46(39(36)26-34)40-19-10-11-22-43-40;/h8-12,15-24,31,37H,6-7,13-14,27H2,1-5H3;/q-2;+2/t37-;/m1./s1. The number of rotatable bonds is 10. The number of benzene rings is 4. The average molecular weight is 814 g/mol. The Morgan fingerprint density at radius 3 is 2.27 bits per heavy atom. The number of amidine groups is 1. The van der Waals surface area contributed by atoms with Gasteiger partial charge in [-0.05, 0) is 74.2 Å². The Labute approximate surface area is 299 Å². The van der Waals surface area contributed by atoms with Gasteiger partial charge in [0.25, 0.3) is 0 Å². The van der Waals surface area contributed by atoms with Gasteiger partial charge in [0.15, 0.2) is 0 Å². The second kappa shape index (κ2) is 14.5. The smallest absolute Gasteiger partial charge is 0.503 e. The first kappa shape index (κ1) is 33.7. The van der Waals surface area contributed by atoms with Gasteiger partial charge in [0.1, 0.15) is 5.82 Å². The molecule has 6 heteroatoms. The predicted molar refractivity (Wildman–Crippen MR) is 194 cm³/mol. The number of aliphatic imine (C=N–C) groups is 1. The van der Waals surface area contributed by atoms with Gasteiger partial charge in [-0.2, -0.15) is 6.07 Å². The van der Waals surface area contributed by atoms with Gasteiger partial charge in [-0.15, -0.1) is 41.3 Å². The minimum atomic E-state index is 0. The van der Waals surface area contributed by atoms with Crippen LogP contribution >= 0.6 is 0 Å². The van der Waals surface area contributed by atoms with Gasteiger partial charge < -0.3 is 19.2 Å². The average Bonchev–Trinajstić information content (AvgIpc) is 3.64. The van der Waals surface area contributed by atoms with Crippen LogP contribution in [0.25, 0.3) is 27.6 Å². The molecule has 0 radical (unpaired) electrons. The first-order valence-corrected chi connectivity index (χ1v) is 17.0. The maximum absolute atomic E-state index is 6.51. The number of aromatic nitrogens is 2. The second-order valence-corrected chi connectivity index (χ2v) is 12.9. The van der Waals surface area contributed by atoms with Crippen LogP contribution in [-0.2, 0) is 21.1 Å². The molecule has 2 aromatic heterocycles. The van der Waals surface area contributed by atoms with E-state index in [4.69, 9.17) is 9.73 Å². The molecule has 0 N–H and O–H groups in total. The predicted octanol–water partition coefficient (Wildman–Crippen LogP) is 10.3. The molecular formula is C42H42N4OPt. The van der Waals surface area contributed by atoms with Gasteiger partial charge in [0.05, 0.1) is 11.9 Å². The Hall–Kier alpha value is -4.21. The number of aryl methyl sites for hydroxylation is 3. The molecule has 0 aliphatic carbocycles. The Morgan fingerprint density at radius 1 is 0.812 bits per heavy atom. The third-order valence-corrected chi connectivity index (χ3v) is 9.35. The van der Waals surface area contributed by atoms with Crippen LogP contribution in [0.1, 0.15) is 61.8 Å². The number of hydrogen-bond acceptors (Lipinski definition) is 4. The van der Waals surface area contributed by atoms with Crippen molar-refractivity contribution in [1.29, 1.82) is 0 Å². The van der Waals surface area contributed by atoms with Crippen molar-refractivity contribution in [1.82, 2.24) is 9.55 Å². The maximum atomic E-state index is 6.51. The molecule has 1 atom stereocenters. The van der Waals surface area contributed by atoms with E-state index in [1.807, 2.05) is 42.6 Å². The molecule has 0 saturated carbocycles. The molecule has 7 rings (SSSR count). The summed E-state index contributed by atoms with van der Waals surface area (Å²) in [5, 5.41) is 2.26. The molecule has 48 heavy (non-hydrogen) atoms. The fourth-order valence-electron chi connectivity index (χ4n) is 7.49. The maximum Gasteiger partial charge on any atom is 2.00 e. The quantitative estimate of drug-likeness (QED) is 0.129. The number of ether oxygens (including phenoxy) is 1. The van der Waals surface area contributed by atoms with Crippen molar-refractivity contribution in [3.8, 4) is 17.3 Å². The van der Waals surface area contributed by atoms with Crippen LogP contribution < -0.4 is 9.64 Å². The van der Waals surface area contributed by atoms with Crippen molar-refractivity contribution in [2.75, 3.05) is 11.4 Å². The van der Waals surface area contributed by atoms with Crippen molar-refractivity contribution >= 4 is 33.3 Å². The summed E-state index contributed by atoms with van der Waals surface area (Å²) < 4.78 is 8.66. The monoisotopic (exact) mass is 813 g/mol. The molecule has 0 fully saturated rings. The van der Waals surface area contributed by atoms with Crippen LogP contribution in [0.3, 0.4) is 0 Å². The van der Waals surface area contributed by atoms with Crippen LogP contribution in [0.4, 0.5) is 5.69 Å². The molecule has 0 unspecified atom stereocenters. The minimum absolute atomic E-state index is 0. The molecule has 1 aliphatic rings. The van der Waals surface area contributed by atoms with E-state index < -0.39 is 0 Å². The number of hydrogen-bond donors (Lipinski definition) is 0. The number of anilines is 1. The normalized spacial score (nSPS) is 14.5. The van der Waals surface area contributed by atoms with Crippen molar-refractivity contribution in [3.63, 3.8) is 0 Å². The summed E-state index contributed by atoms with van der Waals surface area (Å²) in [4.78, 5) is 12.6. The minimum Gasteiger partial charge on any atom is -0.503 e. The van der Waals surface area contributed by atoms with Crippen molar-refractivity contribution in [2.24, 2.45) is 10.9 Å². The molecule has 0 saturated heterocycles. The van der Waals surface area contributed by atoms with E-state index in [9.17, 15) is 0 Å². The van der Waals surface area contributed by atoms with Crippen molar-refractivity contribution in [2.45, 2.75) is 66.3 Å². The zero-order chi connectivity index (χ0) is 32.5. The summed E-state index contributed by atoms with van der Waals surface area (Å²) in [5.41, 5.74) is 8.04. The fourth-order valence-corrected chi connectivity index (χ4v) is 7.49. The summed E-state index contributed by atoms with van der Waals surface area (Å²) in [5.74, 6) is 3.65. The van der Waals surface area contributed by atoms with E-state index in [0.29, 0.717) is 17.4 Å². The summed E-state index contributed by atoms with van der Waals surface area (Å²) in [7, 11) is 0. The van der Waals surface area contributed by atoms with Gasteiger partial charge in [0, 0.05) is 35.4 Å². The number of pyridine rings is 1. The Morgan fingerprint density at radius 2 is 1.54 bits per heavy atom. The van der Waals surface area contributed by atoms with Gasteiger partial charge >= 0.3 is 21.1 Å². The Balaban J connectivity index is 0.00000401. The summed E-state index contributed by atoms with van der Waals surface area (Å²) >= 11 is 0. The third-order valence-electron chi connectivity index (χ3n) is 9.35. The van der Waals surface area contributed by atoms with Crippen LogP contribution in [0.15, 0.2) is 96.1 Å². The van der Waals surface area contributed by atoms with Gasteiger partial charge in [-0.25, -0.2) is 4.98 Å². The number of para-hydroxylation sites is 1.